The summed E-state index contributed by atoms with van der Waals surface area (Å²) in [4.78, 5) is 32.2. The van der Waals surface area contributed by atoms with E-state index < -0.39 is 17.7 Å². The van der Waals surface area contributed by atoms with Gasteiger partial charge in [-0.3, -0.25) is 14.6 Å². The van der Waals surface area contributed by atoms with Crippen molar-refractivity contribution in [2.75, 3.05) is 13.2 Å². The number of aliphatic hydroxyl groups is 1. The lowest BCUT2D eigenvalue weighted by molar-refractivity contribution is -0.140. The van der Waals surface area contributed by atoms with Crippen LogP contribution in [0.4, 0.5) is 0 Å². The van der Waals surface area contributed by atoms with E-state index in [1.807, 2.05) is 19.9 Å². The lowest BCUT2D eigenvalue weighted by Crippen LogP contribution is -2.29. The summed E-state index contributed by atoms with van der Waals surface area (Å²) >= 11 is 0. The van der Waals surface area contributed by atoms with Crippen molar-refractivity contribution in [3.8, 4) is 11.5 Å². The fraction of sp³-hybridized carbons (Fsp3) is 0.233. The molecule has 37 heavy (non-hydrogen) atoms. The van der Waals surface area contributed by atoms with Crippen LogP contribution in [0.2, 0.25) is 0 Å². The molecule has 0 radical (unpaired) electrons. The van der Waals surface area contributed by atoms with Crippen molar-refractivity contribution in [1.82, 2.24) is 9.88 Å². The Morgan fingerprint density at radius 2 is 1.92 bits per heavy atom. The molecule has 0 aliphatic carbocycles. The number of ketones is 1. The van der Waals surface area contributed by atoms with Gasteiger partial charge in [0.25, 0.3) is 11.7 Å². The molecule has 1 N–H and O–H groups in total. The SMILES string of the molecule is C=CCOc1ccc(C2/C(=C(/O)c3ccc(OCCC)c(C)c3)C(=O)C(=O)N2Cc2cccnc2)cc1. The first-order valence-corrected chi connectivity index (χ1v) is 12.2. The topological polar surface area (TPSA) is 89.0 Å². The zero-order chi connectivity index (χ0) is 26.4. The third-order valence-electron chi connectivity index (χ3n) is 6.09. The predicted octanol–water partition coefficient (Wildman–Crippen LogP) is 5.37. The second kappa shape index (κ2) is 11.6. The van der Waals surface area contributed by atoms with Gasteiger partial charge >= 0.3 is 0 Å². The molecule has 1 unspecified atom stereocenters. The number of aryl methyl sites for hydroxylation is 1. The Bertz CT molecular complexity index is 1320. The number of hydrogen-bond acceptors (Lipinski definition) is 6. The van der Waals surface area contributed by atoms with Crippen molar-refractivity contribution in [1.29, 1.82) is 0 Å². The van der Waals surface area contributed by atoms with Gasteiger partial charge in [0.2, 0.25) is 0 Å². The maximum atomic E-state index is 13.3. The third-order valence-corrected chi connectivity index (χ3v) is 6.09. The van der Waals surface area contributed by atoms with Gasteiger partial charge in [-0.05, 0) is 66.4 Å². The Morgan fingerprint density at radius 3 is 2.57 bits per heavy atom. The predicted molar refractivity (Wildman–Crippen MR) is 141 cm³/mol. The molecule has 1 atom stereocenters. The summed E-state index contributed by atoms with van der Waals surface area (Å²) in [6.07, 6.45) is 5.82. The van der Waals surface area contributed by atoms with Crippen molar-refractivity contribution >= 4 is 17.4 Å². The molecule has 4 rings (SSSR count). The number of aromatic nitrogens is 1. The van der Waals surface area contributed by atoms with Crippen LogP contribution in [-0.2, 0) is 16.1 Å². The molecule has 1 fully saturated rings. The largest absolute Gasteiger partial charge is 0.507 e. The van der Waals surface area contributed by atoms with Crippen molar-refractivity contribution < 1.29 is 24.2 Å². The number of carbonyl (C=O) groups excluding carboxylic acids is 2. The van der Waals surface area contributed by atoms with Gasteiger partial charge in [0.1, 0.15) is 23.9 Å². The van der Waals surface area contributed by atoms with Crippen LogP contribution in [0.15, 0.2) is 85.2 Å². The minimum atomic E-state index is -0.787. The minimum absolute atomic E-state index is 0.0373. The Kier molecular flexibility index (Phi) is 8.03. The smallest absolute Gasteiger partial charge is 0.295 e. The minimum Gasteiger partial charge on any atom is -0.507 e. The van der Waals surface area contributed by atoms with E-state index in [1.54, 1.807) is 67.0 Å². The maximum Gasteiger partial charge on any atom is 0.295 e. The van der Waals surface area contributed by atoms with Crippen LogP contribution < -0.4 is 9.47 Å². The van der Waals surface area contributed by atoms with E-state index in [0.29, 0.717) is 35.8 Å². The van der Waals surface area contributed by atoms with Crippen LogP contribution in [0.1, 0.15) is 41.6 Å². The Balaban J connectivity index is 1.78. The van der Waals surface area contributed by atoms with E-state index in [9.17, 15) is 14.7 Å². The number of rotatable bonds is 10. The van der Waals surface area contributed by atoms with Gasteiger partial charge in [0, 0.05) is 24.5 Å². The van der Waals surface area contributed by atoms with Crippen LogP contribution in [0.5, 0.6) is 11.5 Å². The second-order valence-corrected chi connectivity index (χ2v) is 8.79. The van der Waals surface area contributed by atoms with E-state index >= 15 is 0 Å². The van der Waals surface area contributed by atoms with Crippen molar-refractivity contribution in [3.63, 3.8) is 0 Å². The fourth-order valence-electron chi connectivity index (χ4n) is 4.31. The van der Waals surface area contributed by atoms with Crippen molar-refractivity contribution in [2.45, 2.75) is 32.9 Å². The number of amides is 1. The second-order valence-electron chi connectivity index (χ2n) is 8.79. The summed E-state index contributed by atoms with van der Waals surface area (Å²) in [7, 11) is 0. The Labute approximate surface area is 216 Å². The maximum absolute atomic E-state index is 13.3. The number of carbonyl (C=O) groups is 2. The first-order valence-electron chi connectivity index (χ1n) is 12.2. The molecule has 2 heterocycles. The summed E-state index contributed by atoms with van der Waals surface area (Å²) < 4.78 is 11.3. The van der Waals surface area contributed by atoms with Gasteiger partial charge in [-0.1, -0.05) is 37.8 Å². The highest BCUT2D eigenvalue weighted by molar-refractivity contribution is 6.46. The summed E-state index contributed by atoms with van der Waals surface area (Å²) in [5.41, 5.74) is 2.75. The molecule has 2 aromatic carbocycles. The van der Waals surface area contributed by atoms with Gasteiger partial charge in [0.05, 0.1) is 18.2 Å². The number of Topliss-reactive ketones (excluding diaryl/α,β-unsaturated/α-hetero) is 1. The lowest BCUT2D eigenvalue weighted by atomic mass is 9.94. The average molecular weight is 499 g/mol. The number of nitrogens with zero attached hydrogens (tertiary/aromatic N) is 2. The van der Waals surface area contributed by atoms with Crippen molar-refractivity contribution in [2.24, 2.45) is 0 Å². The molecule has 1 aliphatic heterocycles. The van der Waals surface area contributed by atoms with Gasteiger partial charge < -0.3 is 19.5 Å². The normalized spacial score (nSPS) is 16.6. The molecule has 0 saturated carbocycles. The molecule has 190 valence electrons. The number of hydrogen-bond donors (Lipinski definition) is 1. The number of ether oxygens (including phenoxy) is 2. The van der Waals surface area contributed by atoms with Crippen LogP contribution in [0, 0.1) is 6.92 Å². The molecular weight excluding hydrogens is 468 g/mol. The summed E-state index contributed by atoms with van der Waals surface area (Å²) in [6, 6.07) is 15.2. The van der Waals surface area contributed by atoms with E-state index in [2.05, 4.69) is 11.6 Å². The molecular formula is C30H30N2O5. The molecule has 7 heteroatoms. The monoisotopic (exact) mass is 498 g/mol. The number of pyridine rings is 1. The van der Waals surface area contributed by atoms with Crippen LogP contribution in [0.25, 0.3) is 5.76 Å². The number of aliphatic hydroxyl groups excluding tert-OH is 1. The zero-order valence-electron chi connectivity index (χ0n) is 21.0. The average Bonchev–Trinajstić information content (AvgIpc) is 3.16. The van der Waals surface area contributed by atoms with Gasteiger partial charge in [-0.25, -0.2) is 0 Å². The number of likely N-dealkylation sites (tertiary alicyclic amines) is 1. The number of benzene rings is 2. The summed E-state index contributed by atoms with van der Waals surface area (Å²) in [5.74, 6) is -0.299. The quantitative estimate of drug-likeness (QED) is 0.175. The molecule has 1 amide bonds. The first kappa shape index (κ1) is 25.7. The molecule has 1 saturated heterocycles. The van der Waals surface area contributed by atoms with E-state index in [-0.39, 0.29) is 17.9 Å². The Hall–Kier alpha value is -4.39. The molecule has 0 bridgehead atoms. The highest BCUT2D eigenvalue weighted by atomic mass is 16.5. The Morgan fingerprint density at radius 1 is 1.14 bits per heavy atom. The summed E-state index contributed by atoms with van der Waals surface area (Å²) in [5, 5.41) is 11.4. The summed E-state index contributed by atoms with van der Waals surface area (Å²) in [6.45, 7) is 8.66. The van der Waals surface area contributed by atoms with Crippen LogP contribution in [0.3, 0.4) is 0 Å². The van der Waals surface area contributed by atoms with Crippen LogP contribution in [-0.4, -0.2) is 39.9 Å². The standard InChI is InChI=1S/C30H30N2O5/c1-4-15-36-24-11-8-22(9-12-24)27-26(28(33)23-10-13-25(20(3)17-23)37-16-5-2)29(34)30(35)32(27)19-21-7-6-14-31-18-21/h4,6-14,17-18,27,33H,1,5,15-16,19H2,2-3H3/b28-26-. The van der Waals surface area contributed by atoms with Gasteiger partial charge in [-0.2, -0.15) is 0 Å². The van der Waals surface area contributed by atoms with Gasteiger partial charge in [0.15, 0.2) is 0 Å². The molecule has 0 spiro atoms. The van der Waals surface area contributed by atoms with E-state index in [0.717, 1.165) is 17.5 Å². The molecule has 7 nitrogen and oxygen atoms in total. The third kappa shape index (κ3) is 5.56. The molecule has 3 aromatic rings. The first-order chi connectivity index (χ1) is 17.9. The fourth-order valence-corrected chi connectivity index (χ4v) is 4.31. The highest BCUT2D eigenvalue weighted by Crippen LogP contribution is 2.41. The van der Waals surface area contributed by atoms with E-state index in [1.165, 1.54) is 4.90 Å². The molecule has 1 aromatic heterocycles. The van der Waals surface area contributed by atoms with Crippen LogP contribution >= 0.6 is 0 Å². The van der Waals surface area contributed by atoms with Gasteiger partial charge in [-0.15, -0.1) is 0 Å². The lowest BCUT2D eigenvalue weighted by Gasteiger charge is -2.25. The molecule has 1 aliphatic rings. The van der Waals surface area contributed by atoms with E-state index in [4.69, 9.17) is 9.47 Å². The van der Waals surface area contributed by atoms with Crippen molar-refractivity contribution in [3.05, 3.63) is 107 Å². The zero-order valence-corrected chi connectivity index (χ0v) is 21.0. The highest BCUT2D eigenvalue weighted by Gasteiger charge is 2.46.